The van der Waals surface area contributed by atoms with Crippen molar-refractivity contribution in [3.05, 3.63) is 30.0 Å². The summed E-state index contributed by atoms with van der Waals surface area (Å²) in [6, 6.07) is 7.46. The van der Waals surface area contributed by atoms with Crippen molar-refractivity contribution in [1.82, 2.24) is 4.98 Å². The summed E-state index contributed by atoms with van der Waals surface area (Å²) in [6.45, 7) is 3.35. The second-order valence-electron chi connectivity index (χ2n) is 4.53. The summed E-state index contributed by atoms with van der Waals surface area (Å²) in [6.07, 6.45) is 0. The highest BCUT2D eigenvalue weighted by molar-refractivity contribution is 5.89. The van der Waals surface area contributed by atoms with E-state index in [-0.39, 0.29) is 0 Å². The lowest BCUT2D eigenvalue weighted by molar-refractivity contribution is -0.142. The van der Waals surface area contributed by atoms with Crippen LogP contribution in [0.4, 0.5) is 0 Å². The molecule has 0 aliphatic carbocycles. The van der Waals surface area contributed by atoms with Crippen LogP contribution in [0, 0.1) is 0 Å². The van der Waals surface area contributed by atoms with Crippen LogP contribution in [0.15, 0.2) is 24.3 Å². The highest BCUT2D eigenvalue weighted by Gasteiger charge is 2.31. The number of methoxy groups -OCH3 is 1. The monoisotopic (exact) mass is 233 g/mol. The minimum atomic E-state index is -0.940. The van der Waals surface area contributed by atoms with Crippen LogP contribution in [0.5, 0.6) is 5.75 Å². The van der Waals surface area contributed by atoms with E-state index in [1.807, 2.05) is 24.3 Å². The van der Waals surface area contributed by atoms with Crippen LogP contribution in [0.25, 0.3) is 10.9 Å². The number of hydrogen-bond acceptors (Lipinski definition) is 2. The van der Waals surface area contributed by atoms with Crippen LogP contribution < -0.4 is 4.74 Å². The summed E-state index contributed by atoms with van der Waals surface area (Å²) < 4.78 is 5.25. The second-order valence-corrected chi connectivity index (χ2v) is 4.53. The smallest absolute Gasteiger partial charge is 0.315 e. The van der Waals surface area contributed by atoms with Crippen molar-refractivity contribution in [2.75, 3.05) is 7.11 Å². The third kappa shape index (κ3) is 1.75. The summed E-state index contributed by atoms with van der Waals surface area (Å²) in [5.74, 6) is -0.116. The first-order valence-electron chi connectivity index (χ1n) is 5.36. The third-order valence-corrected chi connectivity index (χ3v) is 3.05. The van der Waals surface area contributed by atoms with E-state index in [4.69, 9.17) is 4.74 Å². The van der Waals surface area contributed by atoms with Crippen molar-refractivity contribution >= 4 is 16.9 Å². The largest absolute Gasteiger partial charge is 0.496 e. The molecule has 1 aromatic heterocycles. The first-order valence-corrected chi connectivity index (χ1v) is 5.36. The molecular weight excluding hydrogens is 218 g/mol. The van der Waals surface area contributed by atoms with Crippen LogP contribution in [-0.4, -0.2) is 23.2 Å². The average Bonchev–Trinajstić information content (AvgIpc) is 2.72. The standard InChI is InChI=1S/C13H15NO3/c1-13(2,12(15)16)11-7-8-9(14-11)5-4-6-10(8)17-3/h4-7,14H,1-3H3,(H,15,16). The van der Waals surface area contributed by atoms with E-state index in [1.165, 1.54) is 0 Å². The number of hydrogen-bond donors (Lipinski definition) is 2. The number of ether oxygens (including phenoxy) is 1. The molecule has 1 aromatic carbocycles. The minimum absolute atomic E-state index is 0.671. The molecule has 2 rings (SSSR count). The van der Waals surface area contributed by atoms with Gasteiger partial charge in [0.1, 0.15) is 11.2 Å². The molecule has 0 saturated carbocycles. The molecule has 4 nitrogen and oxygen atoms in total. The molecule has 0 atom stereocenters. The van der Waals surface area contributed by atoms with Gasteiger partial charge in [-0.25, -0.2) is 0 Å². The SMILES string of the molecule is COc1cccc2[nH]c(C(C)(C)C(=O)O)cc12. The zero-order chi connectivity index (χ0) is 12.6. The molecule has 90 valence electrons. The molecule has 0 aliphatic heterocycles. The zero-order valence-corrected chi connectivity index (χ0v) is 10.1. The molecule has 2 N–H and O–H groups in total. The quantitative estimate of drug-likeness (QED) is 0.856. The summed E-state index contributed by atoms with van der Waals surface area (Å²) in [5, 5.41) is 10.1. The van der Waals surface area contributed by atoms with Crippen molar-refractivity contribution in [2.24, 2.45) is 0 Å². The predicted molar refractivity (Wildman–Crippen MR) is 65.5 cm³/mol. The Kier molecular flexibility index (Phi) is 2.58. The van der Waals surface area contributed by atoms with Crippen LogP contribution in [0.1, 0.15) is 19.5 Å². The molecule has 0 spiro atoms. The zero-order valence-electron chi connectivity index (χ0n) is 10.1. The number of aromatic nitrogens is 1. The third-order valence-electron chi connectivity index (χ3n) is 3.05. The minimum Gasteiger partial charge on any atom is -0.496 e. The van der Waals surface area contributed by atoms with Gasteiger partial charge in [-0.15, -0.1) is 0 Å². The molecule has 2 aromatic rings. The number of aromatic amines is 1. The fraction of sp³-hybridized carbons (Fsp3) is 0.308. The number of benzene rings is 1. The maximum atomic E-state index is 11.2. The number of carboxylic acid groups (broad SMARTS) is 1. The van der Waals surface area contributed by atoms with Gasteiger partial charge in [-0.3, -0.25) is 4.79 Å². The highest BCUT2D eigenvalue weighted by Crippen LogP contribution is 2.31. The van der Waals surface area contributed by atoms with E-state index in [9.17, 15) is 9.90 Å². The van der Waals surface area contributed by atoms with E-state index in [0.717, 1.165) is 16.7 Å². The fourth-order valence-corrected chi connectivity index (χ4v) is 1.76. The Morgan fingerprint density at radius 2 is 2.12 bits per heavy atom. The van der Waals surface area contributed by atoms with Crippen LogP contribution in [0.3, 0.4) is 0 Å². The van der Waals surface area contributed by atoms with Gasteiger partial charge in [-0.1, -0.05) is 6.07 Å². The Morgan fingerprint density at radius 3 is 2.71 bits per heavy atom. The fourth-order valence-electron chi connectivity index (χ4n) is 1.76. The molecule has 0 unspecified atom stereocenters. The lowest BCUT2D eigenvalue weighted by atomic mass is 9.90. The molecule has 0 amide bonds. The van der Waals surface area contributed by atoms with Crippen LogP contribution in [-0.2, 0) is 10.2 Å². The Hall–Kier alpha value is -1.97. The Balaban J connectivity index is 2.63. The van der Waals surface area contributed by atoms with Gasteiger partial charge >= 0.3 is 5.97 Å². The summed E-state index contributed by atoms with van der Waals surface area (Å²) in [4.78, 5) is 14.3. The molecule has 0 saturated heterocycles. The molecule has 0 aliphatic rings. The molecule has 4 heteroatoms. The molecule has 0 radical (unpaired) electrons. The van der Waals surface area contributed by atoms with Gasteiger partial charge in [0, 0.05) is 16.6 Å². The maximum Gasteiger partial charge on any atom is 0.315 e. The van der Waals surface area contributed by atoms with Gasteiger partial charge in [0.25, 0.3) is 0 Å². The van der Waals surface area contributed by atoms with E-state index in [0.29, 0.717) is 5.69 Å². The topological polar surface area (TPSA) is 62.3 Å². The Morgan fingerprint density at radius 1 is 1.41 bits per heavy atom. The highest BCUT2D eigenvalue weighted by atomic mass is 16.5. The Labute approximate surface area is 99.2 Å². The van der Waals surface area contributed by atoms with Gasteiger partial charge in [0.2, 0.25) is 0 Å². The average molecular weight is 233 g/mol. The van der Waals surface area contributed by atoms with Crippen molar-refractivity contribution in [2.45, 2.75) is 19.3 Å². The molecular formula is C13H15NO3. The molecule has 0 fully saturated rings. The summed E-state index contributed by atoms with van der Waals surface area (Å²) in [7, 11) is 1.60. The lowest BCUT2D eigenvalue weighted by Crippen LogP contribution is -2.28. The van der Waals surface area contributed by atoms with Crippen molar-refractivity contribution in [3.8, 4) is 5.75 Å². The van der Waals surface area contributed by atoms with Crippen molar-refractivity contribution < 1.29 is 14.6 Å². The van der Waals surface area contributed by atoms with Crippen LogP contribution in [0.2, 0.25) is 0 Å². The Bertz CT molecular complexity index is 569. The number of aliphatic carboxylic acids is 1. The first-order chi connectivity index (χ1) is 7.96. The van der Waals surface area contributed by atoms with Gasteiger partial charge in [-0.2, -0.15) is 0 Å². The van der Waals surface area contributed by atoms with Gasteiger partial charge in [0.15, 0.2) is 0 Å². The number of rotatable bonds is 3. The van der Waals surface area contributed by atoms with Crippen LogP contribution >= 0.6 is 0 Å². The van der Waals surface area contributed by atoms with E-state index in [2.05, 4.69) is 4.98 Å². The summed E-state index contributed by atoms with van der Waals surface area (Å²) in [5.41, 5.74) is 0.613. The number of H-pyrrole nitrogens is 1. The van der Waals surface area contributed by atoms with Gasteiger partial charge in [-0.05, 0) is 32.0 Å². The maximum absolute atomic E-state index is 11.2. The predicted octanol–water partition coefficient (Wildman–Crippen LogP) is 2.54. The number of nitrogens with one attached hydrogen (secondary N) is 1. The molecule has 0 bridgehead atoms. The van der Waals surface area contributed by atoms with Gasteiger partial charge in [0.05, 0.1) is 7.11 Å². The normalized spacial score (nSPS) is 11.7. The number of carbonyl (C=O) groups is 1. The van der Waals surface area contributed by atoms with E-state index < -0.39 is 11.4 Å². The van der Waals surface area contributed by atoms with E-state index in [1.54, 1.807) is 21.0 Å². The second kappa shape index (κ2) is 3.80. The van der Waals surface area contributed by atoms with Gasteiger partial charge < -0.3 is 14.8 Å². The molecule has 17 heavy (non-hydrogen) atoms. The van der Waals surface area contributed by atoms with E-state index >= 15 is 0 Å². The molecule has 1 heterocycles. The summed E-state index contributed by atoms with van der Waals surface area (Å²) >= 11 is 0. The number of fused-ring (bicyclic) bond motifs is 1. The van der Waals surface area contributed by atoms with Crippen molar-refractivity contribution in [1.29, 1.82) is 0 Å². The lowest BCUT2D eigenvalue weighted by Gasteiger charge is -2.16. The number of carboxylic acids is 1. The first kappa shape index (κ1) is 11.5. The van der Waals surface area contributed by atoms with Crippen molar-refractivity contribution in [3.63, 3.8) is 0 Å².